The summed E-state index contributed by atoms with van der Waals surface area (Å²) < 4.78 is 42.9. The fourth-order valence-electron chi connectivity index (χ4n) is 0.418. The number of rotatable bonds is 4. The summed E-state index contributed by atoms with van der Waals surface area (Å²) in [5, 5.41) is 8.22. The lowest BCUT2D eigenvalue weighted by Crippen LogP contribution is -2.22. The molecule has 0 rings (SSSR count). The molecule has 0 aromatic carbocycles. The minimum Gasteiger partial charge on any atom is -0.395 e. The highest BCUT2D eigenvalue weighted by molar-refractivity contribution is 8.67. The van der Waals surface area contributed by atoms with Crippen LogP contribution in [0.2, 0.25) is 0 Å². The monoisotopic (exact) mass is 202 g/mol. The Morgan fingerprint density at radius 1 is 1.09 bits per heavy atom. The zero-order valence-corrected chi connectivity index (χ0v) is 7.65. The normalized spacial score (nSPS) is 13.3. The molecule has 11 heavy (non-hydrogen) atoms. The Morgan fingerprint density at radius 3 is 1.82 bits per heavy atom. The summed E-state index contributed by atoms with van der Waals surface area (Å²) in [6, 6.07) is 0. The van der Waals surface area contributed by atoms with Gasteiger partial charge in [0.05, 0.1) is 18.1 Å². The molecule has 1 N–H and O–H groups in total. The summed E-state index contributed by atoms with van der Waals surface area (Å²) in [7, 11) is -8.19. The second-order valence-electron chi connectivity index (χ2n) is 1.83. The molecule has 5 nitrogen and oxygen atoms in total. The van der Waals surface area contributed by atoms with E-state index in [0.717, 1.165) is 0 Å². The molecule has 0 aromatic heterocycles. The average molecular weight is 202 g/mol. The molecule has 0 saturated carbocycles. The Labute approximate surface area is 65.3 Å². The lowest BCUT2D eigenvalue weighted by molar-refractivity contribution is 0.320. The third-order valence-corrected chi connectivity index (χ3v) is 6.77. The third kappa shape index (κ3) is 2.42. The molecule has 7 heteroatoms. The largest absolute Gasteiger partial charge is 0.395 e. The van der Waals surface area contributed by atoms with Gasteiger partial charge in [-0.05, 0) is 0 Å². The van der Waals surface area contributed by atoms with Gasteiger partial charge in [-0.25, -0.2) is 16.8 Å². The zero-order chi connectivity index (χ0) is 9.12. The molecule has 0 spiro atoms. The van der Waals surface area contributed by atoms with E-state index < -0.39 is 35.9 Å². The molecule has 0 aromatic rings. The molecular weight excluding hydrogens is 192 g/mol. The van der Waals surface area contributed by atoms with E-state index in [9.17, 15) is 16.8 Å². The van der Waals surface area contributed by atoms with Gasteiger partial charge in [0.15, 0.2) is 0 Å². The molecule has 0 bridgehead atoms. The molecule has 0 unspecified atom stereocenters. The van der Waals surface area contributed by atoms with Crippen LogP contribution in [-0.2, 0) is 17.7 Å². The van der Waals surface area contributed by atoms with E-state index in [2.05, 4.69) is 0 Å². The minimum absolute atomic E-state index is 0.449. The summed E-state index contributed by atoms with van der Waals surface area (Å²) in [4.78, 5) is 0. The summed E-state index contributed by atoms with van der Waals surface area (Å²) >= 11 is 0. The van der Waals surface area contributed by atoms with Crippen LogP contribution in [0.4, 0.5) is 0 Å². The highest BCUT2D eigenvalue weighted by Crippen LogP contribution is 2.02. The van der Waals surface area contributed by atoms with Crippen molar-refractivity contribution in [3.8, 4) is 0 Å². The lowest BCUT2D eigenvalue weighted by atomic mass is 10.9. The van der Waals surface area contributed by atoms with Crippen LogP contribution in [0.15, 0.2) is 0 Å². The number of hydrogen-bond acceptors (Lipinski definition) is 5. The quantitative estimate of drug-likeness (QED) is 0.575. The van der Waals surface area contributed by atoms with Gasteiger partial charge >= 0.3 is 0 Å². The van der Waals surface area contributed by atoms with E-state index in [-0.39, 0.29) is 0 Å². The molecule has 0 aliphatic carbocycles. The van der Waals surface area contributed by atoms with E-state index in [4.69, 9.17) is 5.11 Å². The van der Waals surface area contributed by atoms with Crippen molar-refractivity contribution in [2.75, 3.05) is 18.1 Å². The average Bonchev–Trinajstić information content (AvgIpc) is 1.87. The predicted octanol–water partition coefficient (Wildman–Crippen LogP) is -1.26. The van der Waals surface area contributed by atoms with Crippen molar-refractivity contribution in [3.63, 3.8) is 0 Å². The van der Waals surface area contributed by atoms with Gasteiger partial charge in [0.25, 0.3) is 17.7 Å². The second kappa shape index (κ2) is 3.51. The summed E-state index contributed by atoms with van der Waals surface area (Å²) in [5.41, 5.74) is 0. The van der Waals surface area contributed by atoms with Crippen molar-refractivity contribution >= 4 is 17.7 Å². The molecule has 0 aliphatic heterocycles. The minimum atomic E-state index is -4.14. The van der Waals surface area contributed by atoms with E-state index >= 15 is 0 Å². The van der Waals surface area contributed by atoms with Crippen LogP contribution in [-0.4, -0.2) is 40.1 Å². The van der Waals surface area contributed by atoms with Gasteiger partial charge in [-0.3, -0.25) is 0 Å². The van der Waals surface area contributed by atoms with E-state index in [1.807, 2.05) is 0 Å². The number of hydrogen-bond donors (Lipinski definition) is 1. The smallest absolute Gasteiger partial charge is 0.255 e. The van der Waals surface area contributed by atoms with Crippen LogP contribution >= 0.6 is 0 Å². The first-order chi connectivity index (χ1) is 4.87. The summed E-state index contributed by atoms with van der Waals surface area (Å²) in [5.74, 6) is -1.17. The van der Waals surface area contributed by atoms with Crippen LogP contribution in [0.5, 0.6) is 0 Å². The maximum atomic E-state index is 10.7. The standard InChI is InChI=1S/C4H10O5S2/c1-2-10(6,7)11(8,9)4-3-5/h5H,2-4H2,1H3. The van der Waals surface area contributed by atoms with Crippen molar-refractivity contribution in [3.05, 3.63) is 0 Å². The lowest BCUT2D eigenvalue weighted by Gasteiger charge is -1.99. The van der Waals surface area contributed by atoms with Crippen molar-refractivity contribution < 1.29 is 21.9 Å². The summed E-state index contributed by atoms with van der Waals surface area (Å²) in [6.45, 7) is 0.575. The van der Waals surface area contributed by atoms with Crippen molar-refractivity contribution in [2.24, 2.45) is 0 Å². The number of aliphatic hydroxyl groups is 1. The first kappa shape index (κ1) is 10.9. The Bertz CT molecular complexity index is 297. The molecular formula is C4H10O5S2. The topological polar surface area (TPSA) is 88.5 Å². The van der Waals surface area contributed by atoms with Gasteiger partial charge in [0.2, 0.25) is 0 Å². The Balaban J connectivity index is 4.88. The second-order valence-corrected chi connectivity index (χ2v) is 8.10. The van der Waals surface area contributed by atoms with Crippen LogP contribution in [0.1, 0.15) is 6.92 Å². The molecule has 0 radical (unpaired) electrons. The Morgan fingerprint density at radius 2 is 1.55 bits per heavy atom. The van der Waals surface area contributed by atoms with Gasteiger partial charge < -0.3 is 5.11 Å². The van der Waals surface area contributed by atoms with Crippen LogP contribution in [0, 0.1) is 0 Å². The van der Waals surface area contributed by atoms with E-state index in [1.165, 1.54) is 6.92 Å². The molecule has 68 valence electrons. The van der Waals surface area contributed by atoms with Crippen LogP contribution < -0.4 is 0 Å². The van der Waals surface area contributed by atoms with E-state index in [0.29, 0.717) is 0 Å². The maximum Gasteiger partial charge on any atom is 0.255 e. The third-order valence-electron chi connectivity index (χ3n) is 1.08. The highest BCUT2D eigenvalue weighted by Gasteiger charge is 2.26. The molecule has 0 aliphatic rings. The summed E-state index contributed by atoms with van der Waals surface area (Å²) in [6.07, 6.45) is 0. The van der Waals surface area contributed by atoms with Crippen LogP contribution in [0.25, 0.3) is 0 Å². The van der Waals surface area contributed by atoms with Gasteiger partial charge in [0.1, 0.15) is 0 Å². The Kier molecular flexibility index (Phi) is 3.46. The first-order valence-electron chi connectivity index (χ1n) is 2.93. The fraction of sp³-hybridized carbons (Fsp3) is 1.00. The molecule has 0 fully saturated rings. The van der Waals surface area contributed by atoms with Crippen molar-refractivity contribution in [2.45, 2.75) is 6.92 Å². The SMILES string of the molecule is CCS(=O)(=O)S(=O)(=O)CCO. The van der Waals surface area contributed by atoms with Gasteiger partial charge in [-0.2, -0.15) is 0 Å². The first-order valence-corrected chi connectivity index (χ1v) is 6.76. The predicted molar refractivity (Wildman–Crippen MR) is 40.3 cm³/mol. The zero-order valence-electron chi connectivity index (χ0n) is 6.02. The fourth-order valence-corrected chi connectivity index (χ4v) is 3.32. The highest BCUT2D eigenvalue weighted by atomic mass is 33.2. The maximum absolute atomic E-state index is 10.7. The van der Waals surface area contributed by atoms with E-state index in [1.54, 1.807) is 0 Å². The van der Waals surface area contributed by atoms with Gasteiger partial charge in [-0.1, -0.05) is 6.92 Å². The Hall–Kier alpha value is -0.140. The molecule has 0 atom stereocenters. The van der Waals surface area contributed by atoms with Gasteiger partial charge in [-0.15, -0.1) is 0 Å². The molecule has 0 amide bonds. The van der Waals surface area contributed by atoms with Crippen molar-refractivity contribution in [1.82, 2.24) is 0 Å². The van der Waals surface area contributed by atoms with Crippen LogP contribution in [0.3, 0.4) is 0 Å². The number of aliphatic hydroxyl groups excluding tert-OH is 1. The molecule has 0 saturated heterocycles. The van der Waals surface area contributed by atoms with Gasteiger partial charge in [0, 0.05) is 0 Å². The molecule has 0 heterocycles. The van der Waals surface area contributed by atoms with Crippen molar-refractivity contribution in [1.29, 1.82) is 0 Å².